The van der Waals surface area contributed by atoms with Crippen LogP contribution in [-0.4, -0.2) is 89.2 Å². The van der Waals surface area contributed by atoms with Gasteiger partial charge in [0.2, 0.25) is 11.8 Å². The number of amides is 2. The molecule has 2 unspecified atom stereocenters. The monoisotopic (exact) mass is 511 g/mol. The number of aliphatic hydroxyl groups excluding tert-OH is 1. The molecule has 1 aromatic heterocycles. The number of ether oxygens (including phenoxy) is 1. The fourth-order valence-corrected chi connectivity index (χ4v) is 6.85. The van der Waals surface area contributed by atoms with Crippen molar-refractivity contribution < 1.29 is 29.3 Å². The topological polar surface area (TPSA) is 138 Å². The van der Waals surface area contributed by atoms with Gasteiger partial charge in [0.25, 0.3) is 0 Å². The van der Waals surface area contributed by atoms with Crippen molar-refractivity contribution in [2.45, 2.75) is 69.5 Å². The average molecular weight is 512 g/mol. The number of nitrogens with zero attached hydrogens (tertiary/aromatic N) is 5. The van der Waals surface area contributed by atoms with E-state index >= 15 is 0 Å². The summed E-state index contributed by atoms with van der Waals surface area (Å²) in [5.74, 6) is -3.97. The number of hydrogen-bond donors (Lipinski definition) is 2. The van der Waals surface area contributed by atoms with Crippen molar-refractivity contribution in [2.24, 2.45) is 11.8 Å². The van der Waals surface area contributed by atoms with Gasteiger partial charge in [-0.2, -0.15) is 0 Å². The highest BCUT2D eigenvalue weighted by Gasteiger charge is 2.79. The summed E-state index contributed by atoms with van der Waals surface area (Å²) in [6.45, 7) is 7.37. The molecule has 3 fully saturated rings. The summed E-state index contributed by atoms with van der Waals surface area (Å²) in [5.41, 5.74) is -0.846. The zero-order valence-corrected chi connectivity index (χ0v) is 21.1. The third kappa shape index (κ3) is 3.51. The van der Waals surface area contributed by atoms with E-state index in [0.717, 1.165) is 5.52 Å². The third-order valence-electron chi connectivity index (χ3n) is 8.58. The van der Waals surface area contributed by atoms with Crippen LogP contribution in [0.5, 0.6) is 0 Å². The summed E-state index contributed by atoms with van der Waals surface area (Å²) >= 11 is 0. The molecule has 5 rings (SSSR count). The van der Waals surface area contributed by atoms with Crippen molar-refractivity contribution in [3.63, 3.8) is 0 Å². The number of likely N-dealkylation sites (tertiary alicyclic amines) is 1. The molecule has 11 nitrogen and oxygen atoms in total. The number of aliphatic hydroxyl groups is 1. The first kappa shape index (κ1) is 25.3. The van der Waals surface area contributed by atoms with Crippen LogP contribution < -0.4 is 0 Å². The Morgan fingerprint density at radius 1 is 1.32 bits per heavy atom. The normalized spacial score (nSPS) is 31.1. The lowest BCUT2D eigenvalue weighted by Crippen LogP contribution is -2.59. The quantitative estimate of drug-likeness (QED) is 0.457. The van der Waals surface area contributed by atoms with Gasteiger partial charge in [0.1, 0.15) is 29.7 Å². The summed E-state index contributed by atoms with van der Waals surface area (Å²) in [6.07, 6.45) is 3.27. The predicted molar refractivity (Wildman–Crippen MR) is 132 cm³/mol. The van der Waals surface area contributed by atoms with Crippen LogP contribution in [-0.2, 0) is 25.8 Å². The van der Waals surface area contributed by atoms with E-state index in [9.17, 15) is 24.6 Å². The number of hydrogen-bond acceptors (Lipinski definition) is 7. The number of aliphatic carboxylic acids is 1. The molecule has 4 heterocycles. The van der Waals surface area contributed by atoms with Crippen LogP contribution in [0.3, 0.4) is 0 Å². The molecular formula is C26H33N5O6. The second-order valence-electron chi connectivity index (χ2n) is 10.2. The van der Waals surface area contributed by atoms with Crippen LogP contribution >= 0.6 is 0 Å². The Hall–Kier alpha value is -3.31. The summed E-state index contributed by atoms with van der Waals surface area (Å²) < 4.78 is 8.18. The zero-order valence-electron chi connectivity index (χ0n) is 21.1. The molecule has 2 aromatic rings. The maximum absolute atomic E-state index is 14.4. The second kappa shape index (κ2) is 9.21. The highest BCUT2D eigenvalue weighted by molar-refractivity contribution is 5.98. The van der Waals surface area contributed by atoms with Crippen LogP contribution in [0.15, 0.2) is 36.9 Å². The van der Waals surface area contributed by atoms with Gasteiger partial charge in [-0.25, -0.2) is 4.68 Å². The number of carbonyl (C=O) groups is 3. The zero-order chi connectivity index (χ0) is 26.5. The first-order chi connectivity index (χ1) is 17.8. The Morgan fingerprint density at radius 2 is 2.08 bits per heavy atom. The van der Waals surface area contributed by atoms with Crippen LogP contribution in [0, 0.1) is 11.8 Å². The summed E-state index contributed by atoms with van der Waals surface area (Å²) in [5, 5.41) is 28.7. The molecule has 198 valence electrons. The highest BCUT2D eigenvalue weighted by atomic mass is 16.5. The van der Waals surface area contributed by atoms with Crippen molar-refractivity contribution in [3.8, 4) is 0 Å². The van der Waals surface area contributed by atoms with E-state index < -0.39 is 47.0 Å². The van der Waals surface area contributed by atoms with Gasteiger partial charge >= 0.3 is 5.97 Å². The van der Waals surface area contributed by atoms with Crippen molar-refractivity contribution in [1.82, 2.24) is 24.8 Å². The van der Waals surface area contributed by atoms with E-state index in [2.05, 4.69) is 16.9 Å². The minimum absolute atomic E-state index is 0.0574. The van der Waals surface area contributed by atoms with Crippen LogP contribution in [0.4, 0.5) is 0 Å². The van der Waals surface area contributed by atoms with Gasteiger partial charge < -0.3 is 24.7 Å². The van der Waals surface area contributed by atoms with Crippen molar-refractivity contribution in [1.29, 1.82) is 0 Å². The molecular weight excluding hydrogens is 478 g/mol. The smallest absolute Gasteiger partial charge is 0.310 e. The Morgan fingerprint density at radius 3 is 2.73 bits per heavy atom. The van der Waals surface area contributed by atoms with E-state index in [1.165, 1.54) is 9.80 Å². The lowest BCUT2D eigenvalue weighted by Gasteiger charge is -2.39. The number of rotatable bonds is 10. The number of para-hydroxylation sites is 1. The molecule has 1 aromatic carbocycles. The van der Waals surface area contributed by atoms with Crippen molar-refractivity contribution in [3.05, 3.63) is 36.9 Å². The summed E-state index contributed by atoms with van der Waals surface area (Å²) in [7, 11) is 0. The van der Waals surface area contributed by atoms with E-state index in [4.69, 9.17) is 4.74 Å². The Balaban J connectivity index is 1.59. The van der Waals surface area contributed by atoms with E-state index in [1.54, 1.807) is 10.8 Å². The molecule has 2 N–H and O–H groups in total. The maximum atomic E-state index is 14.4. The van der Waals surface area contributed by atoms with E-state index in [1.807, 2.05) is 38.1 Å². The van der Waals surface area contributed by atoms with Gasteiger partial charge in [-0.05, 0) is 37.8 Å². The van der Waals surface area contributed by atoms with Crippen LogP contribution in [0.2, 0.25) is 0 Å². The first-order valence-corrected chi connectivity index (χ1v) is 12.8. The largest absolute Gasteiger partial charge is 0.481 e. The molecule has 11 heteroatoms. The molecule has 0 aliphatic carbocycles. The van der Waals surface area contributed by atoms with Gasteiger partial charge in [0.05, 0.1) is 29.7 Å². The highest BCUT2D eigenvalue weighted by Crippen LogP contribution is 2.64. The van der Waals surface area contributed by atoms with E-state index in [-0.39, 0.29) is 25.7 Å². The lowest BCUT2D eigenvalue weighted by atomic mass is 9.65. The minimum atomic E-state index is -1.28. The first-order valence-electron chi connectivity index (χ1n) is 12.8. The van der Waals surface area contributed by atoms with Crippen LogP contribution in [0.25, 0.3) is 11.0 Å². The molecule has 3 aliphatic rings. The lowest BCUT2D eigenvalue weighted by molar-refractivity contribution is -0.160. The molecule has 6 atom stereocenters. The van der Waals surface area contributed by atoms with Gasteiger partial charge in [-0.3, -0.25) is 14.4 Å². The third-order valence-corrected chi connectivity index (χ3v) is 8.58. The number of benzene rings is 1. The number of aromatic nitrogens is 3. The average Bonchev–Trinajstić information content (AvgIpc) is 3.62. The van der Waals surface area contributed by atoms with Gasteiger partial charge in [0.15, 0.2) is 0 Å². The summed E-state index contributed by atoms with van der Waals surface area (Å²) in [4.78, 5) is 43.8. The maximum Gasteiger partial charge on any atom is 0.310 e. The Bertz CT molecular complexity index is 1240. The minimum Gasteiger partial charge on any atom is -0.481 e. The number of fused-ring (bicyclic) bond motifs is 2. The molecule has 1 spiro atoms. The molecule has 2 amide bonds. The van der Waals surface area contributed by atoms with E-state index in [0.29, 0.717) is 31.2 Å². The van der Waals surface area contributed by atoms with Crippen molar-refractivity contribution >= 4 is 28.8 Å². The fourth-order valence-electron chi connectivity index (χ4n) is 6.85. The predicted octanol–water partition coefficient (Wildman–Crippen LogP) is 1.41. The number of carbonyl (C=O) groups excluding carboxylic acids is 2. The second-order valence-corrected chi connectivity index (χ2v) is 10.2. The van der Waals surface area contributed by atoms with Gasteiger partial charge in [-0.1, -0.05) is 37.3 Å². The van der Waals surface area contributed by atoms with Gasteiger partial charge in [0, 0.05) is 6.54 Å². The SMILES string of the molecule is C=CCN(Cn1nnc2ccccc21)C(=O)C1N([C@@H](CC)CO)C(=O)[C@@H]2[C@@H](C(=O)O)[C@@]3(CC)CCC12O3. The summed E-state index contributed by atoms with van der Waals surface area (Å²) in [6, 6.07) is 5.68. The molecule has 37 heavy (non-hydrogen) atoms. The van der Waals surface area contributed by atoms with Gasteiger partial charge in [-0.15, -0.1) is 11.7 Å². The van der Waals surface area contributed by atoms with Crippen molar-refractivity contribution in [2.75, 3.05) is 13.2 Å². The fraction of sp³-hybridized carbons (Fsp3) is 0.577. The molecule has 2 bridgehead atoms. The van der Waals surface area contributed by atoms with Crippen LogP contribution in [0.1, 0.15) is 39.5 Å². The number of carboxylic acids is 1. The Kier molecular flexibility index (Phi) is 6.31. The standard InChI is InChI=1S/C26H33N5O6/c1-4-13-29(15-30-18-10-8-7-9-17(18)27-28-30)23(34)21-26-12-11-25(6-3,37-26)20(24(35)36)19(26)22(33)31(21)16(5-2)14-32/h4,7-10,16,19-21,32H,1,5-6,11-15H2,2-3H3,(H,35,36)/t16-,19-,20-,21?,25+,26?/m0/s1. The molecule has 0 saturated carbocycles. The molecule has 0 radical (unpaired) electrons. The molecule has 3 aliphatic heterocycles. The molecule has 3 saturated heterocycles. The number of carboxylic acid groups (broad SMARTS) is 1. The Labute approximate surface area is 214 Å².